The van der Waals surface area contributed by atoms with Crippen molar-refractivity contribution in [2.24, 2.45) is 0 Å². The fraction of sp³-hybridized carbons (Fsp3) is 0.370. The minimum atomic E-state index is 0.0106. The van der Waals surface area contributed by atoms with Crippen LogP contribution < -0.4 is 4.90 Å². The first-order valence-electron chi connectivity index (χ1n) is 10.7. The first kappa shape index (κ1) is 18.4. The van der Waals surface area contributed by atoms with Crippen molar-refractivity contribution in [2.75, 3.05) is 19.0 Å². The molecule has 29 heavy (non-hydrogen) atoms. The van der Waals surface area contributed by atoms with Crippen molar-refractivity contribution in [3.63, 3.8) is 0 Å². The third-order valence-electron chi connectivity index (χ3n) is 7.69. The number of rotatable bonds is 2. The second kappa shape index (κ2) is 5.95. The molecule has 2 nitrogen and oxygen atoms in total. The quantitative estimate of drug-likeness (QED) is 0.490. The molecule has 2 heterocycles. The van der Waals surface area contributed by atoms with E-state index in [0.29, 0.717) is 6.04 Å². The van der Waals surface area contributed by atoms with Crippen LogP contribution in [0.5, 0.6) is 0 Å². The zero-order valence-electron chi connectivity index (χ0n) is 18.5. The SMILES string of the molecule is CN1c2ccccc2C(C)(C)C1CC1=[N+](C)c2ccc3ccccc3c2C1(C)C. The molecule has 3 aromatic carbocycles. The van der Waals surface area contributed by atoms with Crippen LogP contribution in [0.3, 0.4) is 0 Å². The predicted molar refractivity (Wildman–Crippen MR) is 124 cm³/mol. The Balaban J connectivity index is 1.61. The average Bonchev–Trinajstić information content (AvgIpc) is 3.02. The van der Waals surface area contributed by atoms with Gasteiger partial charge in [-0.3, -0.25) is 0 Å². The van der Waals surface area contributed by atoms with Crippen LogP contribution >= 0.6 is 0 Å². The van der Waals surface area contributed by atoms with Crippen molar-refractivity contribution in [1.82, 2.24) is 0 Å². The van der Waals surface area contributed by atoms with Gasteiger partial charge in [0, 0.05) is 35.8 Å². The van der Waals surface area contributed by atoms with E-state index in [4.69, 9.17) is 0 Å². The van der Waals surface area contributed by atoms with Gasteiger partial charge in [0.2, 0.25) is 5.69 Å². The fourth-order valence-electron chi connectivity index (χ4n) is 6.03. The van der Waals surface area contributed by atoms with E-state index in [1.807, 2.05) is 0 Å². The highest BCUT2D eigenvalue weighted by Gasteiger charge is 2.50. The van der Waals surface area contributed by atoms with Crippen molar-refractivity contribution in [3.05, 3.63) is 71.8 Å². The summed E-state index contributed by atoms with van der Waals surface area (Å²) in [5, 5.41) is 2.72. The molecule has 0 aromatic heterocycles. The molecule has 0 N–H and O–H groups in total. The van der Waals surface area contributed by atoms with Gasteiger partial charge in [-0.1, -0.05) is 56.3 Å². The van der Waals surface area contributed by atoms with E-state index in [-0.39, 0.29) is 10.8 Å². The first-order chi connectivity index (χ1) is 13.7. The van der Waals surface area contributed by atoms with E-state index in [2.05, 4.69) is 112 Å². The maximum atomic E-state index is 2.51. The van der Waals surface area contributed by atoms with Crippen LogP contribution in [0, 0.1) is 0 Å². The molecule has 0 saturated carbocycles. The summed E-state index contributed by atoms with van der Waals surface area (Å²) in [7, 11) is 4.52. The summed E-state index contributed by atoms with van der Waals surface area (Å²) in [5.41, 5.74) is 7.33. The van der Waals surface area contributed by atoms with Crippen molar-refractivity contribution in [3.8, 4) is 0 Å². The Morgan fingerprint density at radius 2 is 1.59 bits per heavy atom. The Kier molecular flexibility index (Phi) is 3.78. The van der Waals surface area contributed by atoms with Gasteiger partial charge in [0.1, 0.15) is 7.05 Å². The summed E-state index contributed by atoms with van der Waals surface area (Å²) < 4.78 is 2.47. The van der Waals surface area contributed by atoms with Crippen LogP contribution in [0.25, 0.3) is 10.8 Å². The predicted octanol–water partition coefficient (Wildman–Crippen LogP) is 6.03. The Morgan fingerprint density at radius 3 is 2.34 bits per heavy atom. The molecule has 1 atom stereocenters. The maximum Gasteiger partial charge on any atom is 0.209 e. The molecule has 0 aliphatic carbocycles. The number of hydrogen-bond acceptors (Lipinski definition) is 1. The monoisotopic (exact) mass is 383 g/mol. The Bertz CT molecular complexity index is 1170. The van der Waals surface area contributed by atoms with E-state index < -0.39 is 0 Å². The summed E-state index contributed by atoms with van der Waals surface area (Å²) >= 11 is 0. The van der Waals surface area contributed by atoms with E-state index in [1.54, 1.807) is 0 Å². The Morgan fingerprint density at radius 1 is 0.897 bits per heavy atom. The number of hydrogen-bond donors (Lipinski definition) is 0. The Hall–Kier alpha value is -2.61. The highest BCUT2D eigenvalue weighted by Crippen LogP contribution is 2.49. The van der Waals surface area contributed by atoms with Gasteiger partial charge in [-0.25, -0.2) is 4.58 Å². The summed E-state index contributed by atoms with van der Waals surface area (Å²) in [6.07, 6.45) is 1.06. The molecule has 0 amide bonds. The molecule has 1 unspecified atom stereocenters. The molecule has 148 valence electrons. The van der Waals surface area contributed by atoms with Gasteiger partial charge < -0.3 is 4.90 Å². The number of para-hydroxylation sites is 1. The minimum Gasteiger partial charge on any atom is -0.370 e. The van der Waals surface area contributed by atoms with Crippen LogP contribution in [0.2, 0.25) is 0 Å². The largest absolute Gasteiger partial charge is 0.370 e. The molecule has 2 heteroatoms. The molecule has 0 radical (unpaired) electrons. The molecule has 3 aromatic rings. The van der Waals surface area contributed by atoms with Crippen LogP contribution in [0.1, 0.15) is 45.2 Å². The highest BCUT2D eigenvalue weighted by atomic mass is 15.2. The molecular weight excluding hydrogens is 352 g/mol. The number of likely N-dealkylation sites (N-methyl/N-ethyl adjacent to an activating group) is 1. The van der Waals surface area contributed by atoms with Crippen LogP contribution in [0.4, 0.5) is 11.4 Å². The van der Waals surface area contributed by atoms with E-state index in [0.717, 1.165) is 6.42 Å². The average molecular weight is 384 g/mol. The fourth-order valence-corrected chi connectivity index (χ4v) is 6.03. The smallest absolute Gasteiger partial charge is 0.209 e. The van der Waals surface area contributed by atoms with Gasteiger partial charge in [0.25, 0.3) is 0 Å². The van der Waals surface area contributed by atoms with Crippen molar-refractivity contribution >= 4 is 27.9 Å². The topological polar surface area (TPSA) is 6.25 Å². The Labute approximate surface area is 174 Å². The third-order valence-corrected chi connectivity index (χ3v) is 7.69. The van der Waals surface area contributed by atoms with Crippen LogP contribution in [-0.2, 0) is 10.8 Å². The summed E-state index contributed by atoms with van der Waals surface area (Å²) in [5.74, 6) is 0. The lowest BCUT2D eigenvalue weighted by atomic mass is 9.73. The lowest BCUT2D eigenvalue weighted by Gasteiger charge is -2.33. The number of fused-ring (bicyclic) bond motifs is 4. The first-order valence-corrected chi connectivity index (χ1v) is 10.7. The second-order valence-electron chi connectivity index (χ2n) is 9.88. The van der Waals surface area contributed by atoms with Crippen molar-refractivity contribution in [2.45, 2.75) is 51.0 Å². The molecule has 2 aliphatic rings. The van der Waals surface area contributed by atoms with E-state index in [1.165, 1.54) is 39.0 Å². The van der Waals surface area contributed by atoms with Gasteiger partial charge >= 0.3 is 0 Å². The number of nitrogens with zero attached hydrogens (tertiary/aromatic N) is 2. The molecule has 0 bridgehead atoms. The molecule has 5 rings (SSSR count). The van der Waals surface area contributed by atoms with Gasteiger partial charge in [0.05, 0.1) is 11.8 Å². The zero-order chi connectivity index (χ0) is 20.6. The number of anilines is 1. The summed E-state index contributed by atoms with van der Waals surface area (Å²) in [4.78, 5) is 2.51. The molecule has 0 saturated heterocycles. The summed E-state index contributed by atoms with van der Waals surface area (Å²) in [6, 6.07) is 22.8. The maximum absolute atomic E-state index is 2.51. The molecule has 2 aliphatic heterocycles. The van der Waals surface area contributed by atoms with E-state index >= 15 is 0 Å². The van der Waals surface area contributed by atoms with Crippen LogP contribution in [-0.4, -0.2) is 30.4 Å². The van der Waals surface area contributed by atoms with Gasteiger partial charge in [-0.2, -0.15) is 0 Å². The summed E-state index contributed by atoms with van der Waals surface area (Å²) in [6.45, 7) is 9.63. The highest BCUT2D eigenvalue weighted by molar-refractivity contribution is 6.03. The molecule has 0 fully saturated rings. The molecular formula is C27H31N2+. The third kappa shape index (κ3) is 2.38. The van der Waals surface area contributed by atoms with Gasteiger partial charge in [0.15, 0.2) is 5.71 Å². The standard InChI is InChI=1S/C27H31N2/c1-26(2)20-13-9-10-14-21(20)28(5)23(26)17-24-27(3,4)25-19-12-8-7-11-18(19)15-16-22(25)29(24)6/h7-16,23H,17H2,1-6H3/q+1. The van der Waals surface area contributed by atoms with Crippen molar-refractivity contribution in [1.29, 1.82) is 0 Å². The minimum absolute atomic E-state index is 0.0106. The van der Waals surface area contributed by atoms with Crippen LogP contribution in [0.15, 0.2) is 60.7 Å². The lowest BCUT2D eigenvalue weighted by Crippen LogP contribution is -2.44. The normalized spacial score (nSPS) is 21.6. The van der Waals surface area contributed by atoms with Gasteiger partial charge in [-0.05, 0) is 42.3 Å². The molecule has 0 spiro atoms. The lowest BCUT2D eigenvalue weighted by molar-refractivity contribution is -0.404. The number of benzene rings is 3. The van der Waals surface area contributed by atoms with E-state index in [9.17, 15) is 0 Å². The second-order valence-corrected chi connectivity index (χ2v) is 9.88. The van der Waals surface area contributed by atoms with Crippen molar-refractivity contribution < 1.29 is 4.58 Å². The zero-order valence-corrected chi connectivity index (χ0v) is 18.5. The van der Waals surface area contributed by atoms with Gasteiger partial charge in [-0.15, -0.1) is 0 Å².